The first-order valence-corrected chi connectivity index (χ1v) is 3.55. The molecule has 9 heavy (non-hydrogen) atoms. The molecule has 1 N–H and O–H groups in total. The summed E-state index contributed by atoms with van der Waals surface area (Å²) in [5.74, 6) is 0.732. The zero-order valence-corrected chi connectivity index (χ0v) is 5.84. The van der Waals surface area contributed by atoms with Gasteiger partial charge < -0.3 is 9.84 Å². The average Bonchev–Trinajstić information content (AvgIpc) is 1.88. The lowest BCUT2D eigenvalue weighted by Crippen LogP contribution is -2.26. The van der Waals surface area contributed by atoms with Gasteiger partial charge in [-0.2, -0.15) is 0 Å². The Hall–Kier alpha value is -0.0800. The fraction of sp³-hybridized carbons (Fsp3) is 1.00. The summed E-state index contributed by atoms with van der Waals surface area (Å²) < 4.78 is 5.25. The monoisotopic (exact) mass is 130 g/mol. The van der Waals surface area contributed by atoms with Crippen molar-refractivity contribution in [1.82, 2.24) is 0 Å². The normalized spacial score (nSPS) is 36.7. The van der Waals surface area contributed by atoms with Crippen LogP contribution in [0.3, 0.4) is 0 Å². The van der Waals surface area contributed by atoms with Gasteiger partial charge >= 0.3 is 0 Å². The maximum absolute atomic E-state index is 8.68. The van der Waals surface area contributed by atoms with E-state index >= 15 is 0 Å². The van der Waals surface area contributed by atoms with E-state index < -0.39 is 0 Å². The van der Waals surface area contributed by atoms with Gasteiger partial charge in [-0.25, -0.2) is 0 Å². The fourth-order valence-corrected chi connectivity index (χ4v) is 1.20. The van der Waals surface area contributed by atoms with Crippen LogP contribution in [0.25, 0.3) is 0 Å². The minimum Gasteiger partial charge on any atom is -0.394 e. The van der Waals surface area contributed by atoms with Crippen LogP contribution in [0.5, 0.6) is 0 Å². The predicted octanol–water partition coefficient (Wildman–Crippen LogP) is 0.794. The van der Waals surface area contributed by atoms with Gasteiger partial charge in [0.25, 0.3) is 0 Å². The Morgan fingerprint density at radius 1 is 1.67 bits per heavy atom. The number of aliphatic hydroxyl groups excluding tert-OH is 1. The summed E-state index contributed by atoms with van der Waals surface area (Å²) in [7, 11) is 0. The van der Waals surface area contributed by atoms with E-state index in [1.165, 1.54) is 0 Å². The largest absolute Gasteiger partial charge is 0.394 e. The number of ether oxygens (including phenoxy) is 1. The van der Waals surface area contributed by atoms with E-state index in [4.69, 9.17) is 9.84 Å². The molecule has 0 saturated carbocycles. The highest BCUT2D eigenvalue weighted by atomic mass is 16.5. The van der Waals surface area contributed by atoms with E-state index in [0.717, 1.165) is 25.4 Å². The molecule has 2 atom stereocenters. The first-order valence-electron chi connectivity index (χ1n) is 3.55. The van der Waals surface area contributed by atoms with Crippen LogP contribution in [0.2, 0.25) is 0 Å². The summed E-state index contributed by atoms with van der Waals surface area (Å²) in [6, 6.07) is 0. The zero-order chi connectivity index (χ0) is 6.69. The van der Waals surface area contributed by atoms with Gasteiger partial charge in [-0.05, 0) is 18.8 Å². The Morgan fingerprint density at radius 2 is 2.44 bits per heavy atom. The highest BCUT2D eigenvalue weighted by Gasteiger charge is 2.17. The van der Waals surface area contributed by atoms with Crippen LogP contribution in [0.1, 0.15) is 19.8 Å². The number of hydrogen-bond acceptors (Lipinski definition) is 2. The minimum absolute atomic E-state index is 0.119. The van der Waals surface area contributed by atoms with Crippen molar-refractivity contribution in [3.63, 3.8) is 0 Å². The molecule has 1 saturated heterocycles. The zero-order valence-electron chi connectivity index (χ0n) is 5.84. The number of rotatable bonds is 1. The van der Waals surface area contributed by atoms with E-state index in [1.54, 1.807) is 0 Å². The maximum atomic E-state index is 8.68. The van der Waals surface area contributed by atoms with Gasteiger partial charge in [-0.15, -0.1) is 0 Å². The van der Waals surface area contributed by atoms with Crippen molar-refractivity contribution in [2.75, 3.05) is 13.2 Å². The van der Waals surface area contributed by atoms with Crippen LogP contribution >= 0.6 is 0 Å². The first-order chi connectivity index (χ1) is 4.33. The van der Waals surface area contributed by atoms with Crippen molar-refractivity contribution in [3.05, 3.63) is 0 Å². The molecule has 1 aliphatic rings. The van der Waals surface area contributed by atoms with E-state index in [-0.39, 0.29) is 12.7 Å². The van der Waals surface area contributed by atoms with E-state index in [2.05, 4.69) is 6.92 Å². The van der Waals surface area contributed by atoms with Crippen molar-refractivity contribution in [1.29, 1.82) is 0 Å². The van der Waals surface area contributed by atoms with Crippen LogP contribution in [0.4, 0.5) is 0 Å². The molecule has 0 amide bonds. The molecule has 0 aliphatic carbocycles. The summed E-state index contributed by atoms with van der Waals surface area (Å²) >= 11 is 0. The molecule has 0 bridgehead atoms. The second kappa shape index (κ2) is 3.18. The van der Waals surface area contributed by atoms with Gasteiger partial charge in [-0.1, -0.05) is 6.92 Å². The van der Waals surface area contributed by atoms with Gasteiger partial charge in [-0.3, -0.25) is 0 Å². The van der Waals surface area contributed by atoms with Crippen LogP contribution in [-0.2, 0) is 4.74 Å². The van der Waals surface area contributed by atoms with Crippen LogP contribution in [0, 0.1) is 5.92 Å². The van der Waals surface area contributed by atoms with E-state index in [9.17, 15) is 0 Å². The van der Waals surface area contributed by atoms with E-state index in [1.807, 2.05) is 0 Å². The van der Waals surface area contributed by atoms with Crippen molar-refractivity contribution in [2.24, 2.45) is 5.92 Å². The predicted molar refractivity (Wildman–Crippen MR) is 35.2 cm³/mol. The first kappa shape index (κ1) is 7.03. The third kappa shape index (κ3) is 1.95. The summed E-state index contributed by atoms with van der Waals surface area (Å²) in [4.78, 5) is 0. The molecule has 1 aliphatic heterocycles. The molecule has 54 valence electrons. The van der Waals surface area contributed by atoms with Crippen molar-refractivity contribution in [3.8, 4) is 0 Å². The molecule has 0 aromatic rings. The van der Waals surface area contributed by atoms with Crippen LogP contribution in [0.15, 0.2) is 0 Å². The Kier molecular flexibility index (Phi) is 2.49. The lowest BCUT2D eigenvalue weighted by atomic mass is 9.98. The number of hydrogen-bond donors (Lipinski definition) is 1. The molecule has 1 fully saturated rings. The molecule has 0 radical (unpaired) electrons. The molecule has 0 spiro atoms. The van der Waals surface area contributed by atoms with Crippen LogP contribution in [-0.4, -0.2) is 24.4 Å². The molecule has 0 aromatic carbocycles. The Labute approximate surface area is 55.8 Å². The molecule has 1 heterocycles. The summed E-state index contributed by atoms with van der Waals surface area (Å²) in [5, 5.41) is 8.68. The molecule has 2 heteroatoms. The van der Waals surface area contributed by atoms with E-state index in [0.29, 0.717) is 0 Å². The molecule has 1 rings (SSSR count). The average molecular weight is 130 g/mol. The molecule has 0 aromatic heterocycles. The third-order valence-corrected chi connectivity index (χ3v) is 1.83. The Bertz CT molecular complexity index is 83.0. The lowest BCUT2D eigenvalue weighted by molar-refractivity contribution is -0.0344. The van der Waals surface area contributed by atoms with Gasteiger partial charge in [0, 0.05) is 6.61 Å². The summed E-state index contributed by atoms with van der Waals surface area (Å²) in [6.07, 6.45) is 2.29. The lowest BCUT2D eigenvalue weighted by Gasteiger charge is -2.25. The minimum atomic E-state index is 0.119. The Balaban J connectivity index is 2.23. The standard InChI is InChI=1S/C7H14O2/c1-6-2-3-9-7(4-6)5-8/h6-8H,2-5H2,1H3. The van der Waals surface area contributed by atoms with Gasteiger partial charge in [0.1, 0.15) is 0 Å². The van der Waals surface area contributed by atoms with Crippen molar-refractivity contribution < 1.29 is 9.84 Å². The third-order valence-electron chi connectivity index (χ3n) is 1.83. The summed E-state index contributed by atoms with van der Waals surface area (Å²) in [6.45, 7) is 3.21. The number of aliphatic hydroxyl groups is 1. The Morgan fingerprint density at radius 3 is 2.89 bits per heavy atom. The smallest absolute Gasteiger partial charge is 0.0808 e. The van der Waals surface area contributed by atoms with Crippen LogP contribution < -0.4 is 0 Å². The quantitative estimate of drug-likeness (QED) is 0.568. The second-order valence-electron chi connectivity index (χ2n) is 2.80. The molecule has 2 nitrogen and oxygen atoms in total. The summed E-state index contributed by atoms with van der Waals surface area (Å²) in [5.41, 5.74) is 0. The van der Waals surface area contributed by atoms with Crippen molar-refractivity contribution >= 4 is 0 Å². The van der Waals surface area contributed by atoms with Gasteiger partial charge in [0.15, 0.2) is 0 Å². The molecular formula is C7H14O2. The van der Waals surface area contributed by atoms with Crippen molar-refractivity contribution in [2.45, 2.75) is 25.9 Å². The molecular weight excluding hydrogens is 116 g/mol. The highest BCUT2D eigenvalue weighted by molar-refractivity contribution is 4.66. The SMILES string of the molecule is CC1CCOC(CO)C1. The highest BCUT2D eigenvalue weighted by Crippen LogP contribution is 2.18. The van der Waals surface area contributed by atoms with Gasteiger partial charge in [0.2, 0.25) is 0 Å². The van der Waals surface area contributed by atoms with Gasteiger partial charge in [0.05, 0.1) is 12.7 Å². The topological polar surface area (TPSA) is 29.5 Å². The molecule has 2 unspecified atom stereocenters. The second-order valence-corrected chi connectivity index (χ2v) is 2.80. The fourth-order valence-electron chi connectivity index (χ4n) is 1.20. The maximum Gasteiger partial charge on any atom is 0.0808 e.